The summed E-state index contributed by atoms with van der Waals surface area (Å²) in [6.45, 7) is 14.6. The van der Waals surface area contributed by atoms with Crippen molar-refractivity contribution < 1.29 is 5.11 Å². The second-order valence-corrected chi connectivity index (χ2v) is 9.15. The van der Waals surface area contributed by atoms with Gasteiger partial charge in [0.15, 0.2) is 0 Å². The first kappa shape index (κ1) is 24.3. The molecule has 1 aromatic heterocycles. The topological polar surface area (TPSA) is 47.8 Å². The minimum absolute atomic E-state index is 0.328. The van der Waals surface area contributed by atoms with Gasteiger partial charge in [-0.3, -0.25) is 4.90 Å². The Kier molecular flexibility index (Phi) is 8.25. The van der Waals surface area contributed by atoms with Gasteiger partial charge in [0.1, 0.15) is 11.6 Å². The Bertz CT molecular complexity index is 1040. The maximum atomic E-state index is 9.97. The first-order valence-corrected chi connectivity index (χ1v) is 12.8. The van der Waals surface area contributed by atoms with Gasteiger partial charge in [-0.1, -0.05) is 51.1 Å². The van der Waals surface area contributed by atoms with Crippen molar-refractivity contribution in [3.63, 3.8) is 0 Å². The van der Waals surface area contributed by atoms with Crippen LogP contribution >= 0.6 is 0 Å². The fourth-order valence-electron chi connectivity index (χ4n) is 4.95. The third kappa shape index (κ3) is 5.62. The van der Waals surface area contributed by atoms with Crippen LogP contribution in [0.2, 0.25) is 0 Å². The Morgan fingerprint density at radius 1 is 0.912 bits per heavy atom. The van der Waals surface area contributed by atoms with E-state index in [1.54, 1.807) is 6.07 Å². The van der Waals surface area contributed by atoms with Gasteiger partial charge in [-0.15, -0.1) is 0 Å². The van der Waals surface area contributed by atoms with E-state index >= 15 is 0 Å². The molecule has 34 heavy (non-hydrogen) atoms. The number of para-hydroxylation sites is 1. The monoisotopic (exact) mass is 461 g/mol. The number of phenols is 1. The molecule has 1 fully saturated rings. The van der Waals surface area contributed by atoms with E-state index in [1.807, 2.05) is 12.1 Å². The van der Waals surface area contributed by atoms with Gasteiger partial charge >= 0.3 is 0 Å². The third-order valence-electron chi connectivity index (χ3n) is 6.73. The van der Waals surface area contributed by atoms with Gasteiger partial charge in [-0.05, 0) is 55.8 Å². The molecule has 1 saturated heterocycles. The number of likely N-dealkylation sites (N-methyl/N-ethyl adjacent to an activating group) is 1. The Morgan fingerprint density at radius 3 is 2.32 bits per heavy atom. The third-order valence-corrected chi connectivity index (χ3v) is 6.73. The van der Waals surface area contributed by atoms with Crippen LogP contribution in [0.3, 0.4) is 0 Å². The van der Waals surface area contributed by atoms with Gasteiger partial charge in [0.05, 0.1) is 11.4 Å². The summed E-state index contributed by atoms with van der Waals surface area (Å²) >= 11 is 0. The maximum Gasteiger partial charge on any atom is 0.137 e. The number of phenolic OH excluding ortho intramolecular Hbond substituents is 1. The molecule has 1 N–H and O–H groups in total. The fourth-order valence-corrected chi connectivity index (χ4v) is 4.95. The number of anilines is 1. The number of rotatable bonds is 10. The zero-order valence-corrected chi connectivity index (χ0v) is 21.0. The van der Waals surface area contributed by atoms with Gasteiger partial charge in [0.25, 0.3) is 0 Å². The van der Waals surface area contributed by atoms with Crippen molar-refractivity contribution in [3.05, 3.63) is 71.4 Å². The second-order valence-electron chi connectivity index (χ2n) is 9.15. The summed E-state index contributed by atoms with van der Waals surface area (Å²) in [4.78, 5) is 7.55. The quantitative estimate of drug-likeness (QED) is 0.474. The van der Waals surface area contributed by atoms with Gasteiger partial charge in [-0.2, -0.15) is 5.10 Å². The van der Waals surface area contributed by atoms with E-state index in [0.29, 0.717) is 5.75 Å². The highest BCUT2D eigenvalue weighted by atomic mass is 16.3. The van der Waals surface area contributed by atoms with E-state index in [-0.39, 0.29) is 0 Å². The van der Waals surface area contributed by atoms with Crippen LogP contribution in [-0.2, 0) is 19.5 Å². The molecular formula is C28H39N5O. The van der Waals surface area contributed by atoms with Crippen molar-refractivity contribution >= 4 is 5.82 Å². The molecule has 2 heterocycles. The van der Waals surface area contributed by atoms with Gasteiger partial charge in [0.2, 0.25) is 0 Å². The molecule has 3 aromatic rings. The predicted octanol–water partition coefficient (Wildman–Crippen LogP) is 4.69. The molecule has 0 unspecified atom stereocenters. The molecular weight excluding hydrogens is 422 g/mol. The van der Waals surface area contributed by atoms with Gasteiger partial charge < -0.3 is 14.9 Å². The van der Waals surface area contributed by atoms with E-state index in [1.165, 1.54) is 17.1 Å². The van der Waals surface area contributed by atoms with E-state index < -0.39 is 0 Å². The van der Waals surface area contributed by atoms with E-state index in [9.17, 15) is 5.11 Å². The van der Waals surface area contributed by atoms with Crippen LogP contribution in [-0.4, -0.2) is 64.0 Å². The molecule has 0 saturated carbocycles. The average Bonchev–Trinajstić information content (AvgIpc) is 3.23. The summed E-state index contributed by atoms with van der Waals surface area (Å²) in [7, 11) is 0. The number of nitrogens with zero attached hydrogens (tertiary/aromatic N) is 5. The largest absolute Gasteiger partial charge is 0.508 e. The van der Waals surface area contributed by atoms with E-state index in [0.717, 1.165) is 76.5 Å². The Balaban J connectivity index is 1.71. The molecule has 0 bridgehead atoms. The van der Waals surface area contributed by atoms with Crippen molar-refractivity contribution in [1.29, 1.82) is 0 Å². The molecule has 0 spiro atoms. The number of hydrogen-bond donors (Lipinski definition) is 1. The molecule has 0 aliphatic carbocycles. The molecule has 182 valence electrons. The first-order valence-electron chi connectivity index (χ1n) is 12.8. The molecule has 1 aliphatic rings. The molecule has 0 radical (unpaired) electrons. The zero-order chi connectivity index (χ0) is 23.9. The molecule has 0 atom stereocenters. The van der Waals surface area contributed by atoms with Gasteiger partial charge in [-0.25, -0.2) is 4.68 Å². The Labute approximate surface area is 204 Å². The normalized spacial score (nSPS) is 14.8. The summed E-state index contributed by atoms with van der Waals surface area (Å²) in [6, 6.07) is 18.2. The molecule has 4 rings (SSSR count). The van der Waals surface area contributed by atoms with Crippen LogP contribution in [0.15, 0.2) is 54.6 Å². The lowest BCUT2D eigenvalue weighted by Gasteiger charge is -2.36. The molecule has 1 aliphatic heterocycles. The summed E-state index contributed by atoms with van der Waals surface area (Å²) in [5.74, 6) is 1.57. The molecule has 6 nitrogen and oxygen atoms in total. The van der Waals surface area contributed by atoms with E-state index in [4.69, 9.17) is 5.10 Å². The molecule has 2 aromatic carbocycles. The van der Waals surface area contributed by atoms with Crippen LogP contribution in [0.1, 0.15) is 44.0 Å². The predicted molar refractivity (Wildman–Crippen MR) is 140 cm³/mol. The van der Waals surface area contributed by atoms with E-state index in [2.05, 4.69) is 76.6 Å². The minimum Gasteiger partial charge on any atom is -0.508 e. The number of aromatic hydroxyl groups is 1. The highest BCUT2D eigenvalue weighted by Gasteiger charge is 2.27. The van der Waals surface area contributed by atoms with Crippen LogP contribution in [0.4, 0.5) is 5.82 Å². The van der Waals surface area contributed by atoms with Crippen molar-refractivity contribution in [2.24, 2.45) is 0 Å². The maximum absolute atomic E-state index is 9.97. The molecule has 6 heteroatoms. The first-order chi connectivity index (χ1) is 16.6. The lowest BCUT2D eigenvalue weighted by atomic mass is 10.1. The SMILES string of the molecule is CCCN(Cc1cccc(O)c1)Cc1c(CC)nn(-c2ccccc2)c1N1CCN(CC)CC1. The lowest BCUT2D eigenvalue weighted by molar-refractivity contribution is 0.254. The van der Waals surface area contributed by atoms with Crippen LogP contribution in [0.25, 0.3) is 5.69 Å². The standard InChI is InChI=1S/C28H39N5O/c1-4-15-31(21-23-11-10-14-25(34)20-23)22-26-27(5-2)29-33(24-12-8-7-9-13-24)28(26)32-18-16-30(6-3)17-19-32/h7-14,20,34H,4-6,15-19,21-22H2,1-3H3. The minimum atomic E-state index is 0.328. The number of aromatic nitrogens is 2. The van der Waals surface area contributed by atoms with Crippen LogP contribution in [0, 0.1) is 0 Å². The summed E-state index contributed by atoms with van der Waals surface area (Å²) in [6.07, 6.45) is 1.99. The van der Waals surface area contributed by atoms with Gasteiger partial charge in [0, 0.05) is 44.8 Å². The average molecular weight is 462 g/mol. The van der Waals surface area contributed by atoms with Crippen molar-refractivity contribution in [2.75, 3.05) is 44.2 Å². The number of aryl methyl sites for hydroxylation is 1. The van der Waals surface area contributed by atoms with Crippen molar-refractivity contribution in [2.45, 2.75) is 46.7 Å². The lowest BCUT2D eigenvalue weighted by Crippen LogP contribution is -2.47. The summed E-state index contributed by atoms with van der Waals surface area (Å²) < 4.78 is 2.17. The number of piperazine rings is 1. The fraction of sp³-hybridized carbons (Fsp3) is 0.464. The highest BCUT2D eigenvalue weighted by molar-refractivity contribution is 5.56. The highest BCUT2D eigenvalue weighted by Crippen LogP contribution is 2.31. The zero-order valence-electron chi connectivity index (χ0n) is 21.0. The summed E-state index contributed by atoms with van der Waals surface area (Å²) in [5.41, 5.74) is 4.77. The van der Waals surface area contributed by atoms with Crippen LogP contribution < -0.4 is 4.90 Å². The Hall–Kier alpha value is -2.83. The van der Waals surface area contributed by atoms with Crippen molar-refractivity contribution in [1.82, 2.24) is 19.6 Å². The smallest absolute Gasteiger partial charge is 0.137 e. The Morgan fingerprint density at radius 2 is 1.68 bits per heavy atom. The second kappa shape index (κ2) is 11.5. The summed E-state index contributed by atoms with van der Waals surface area (Å²) in [5, 5.41) is 15.1. The van der Waals surface area contributed by atoms with Crippen LogP contribution in [0.5, 0.6) is 5.75 Å². The van der Waals surface area contributed by atoms with Crippen molar-refractivity contribution in [3.8, 4) is 11.4 Å². The number of benzene rings is 2. The number of hydrogen-bond acceptors (Lipinski definition) is 5. The molecule has 0 amide bonds.